The van der Waals surface area contributed by atoms with Gasteiger partial charge in [-0.3, -0.25) is 0 Å². The van der Waals surface area contributed by atoms with E-state index in [1.165, 1.54) is 0 Å². The van der Waals surface area contributed by atoms with Crippen LogP contribution in [0.1, 0.15) is 13.8 Å². The zero-order chi connectivity index (χ0) is 14.5. The molecule has 4 heteroatoms. The van der Waals surface area contributed by atoms with Gasteiger partial charge < -0.3 is 14.8 Å². The van der Waals surface area contributed by atoms with E-state index in [1.54, 1.807) is 21.0 Å². The van der Waals surface area contributed by atoms with Gasteiger partial charge in [0.05, 0.1) is 19.4 Å². The third-order valence-electron chi connectivity index (χ3n) is 3.11. The molecule has 2 aromatic carbocycles. The molecular weight excluding hydrogens is 254 g/mol. The summed E-state index contributed by atoms with van der Waals surface area (Å²) in [6, 6.07) is 11.4. The van der Waals surface area contributed by atoms with Crippen molar-refractivity contribution in [3.8, 4) is 5.75 Å². The molecule has 2 aromatic rings. The molecule has 1 atom stereocenters. The largest absolute Gasteiger partial charge is 0.495 e. The minimum absolute atomic E-state index is 0.275. The normalized spacial score (nSPS) is 11.9. The van der Waals surface area contributed by atoms with E-state index in [1.807, 2.05) is 36.4 Å². The SMILES string of the molecule is CCOC(=O)[C@H](C)Nc1c(OC)ccc2ccccc12. The fraction of sp³-hybridized carbons (Fsp3) is 0.312. The summed E-state index contributed by atoms with van der Waals surface area (Å²) in [4.78, 5) is 11.8. The smallest absolute Gasteiger partial charge is 0.328 e. The third-order valence-corrected chi connectivity index (χ3v) is 3.11. The molecule has 1 N–H and O–H groups in total. The zero-order valence-electron chi connectivity index (χ0n) is 12.0. The summed E-state index contributed by atoms with van der Waals surface area (Å²) < 4.78 is 10.4. The maximum absolute atomic E-state index is 11.8. The summed E-state index contributed by atoms with van der Waals surface area (Å²) in [5, 5.41) is 5.30. The van der Waals surface area contributed by atoms with Gasteiger partial charge in [-0.1, -0.05) is 30.3 Å². The Morgan fingerprint density at radius 1 is 1.25 bits per heavy atom. The highest BCUT2D eigenvalue weighted by Gasteiger charge is 2.17. The number of hydrogen-bond acceptors (Lipinski definition) is 4. The van der Waals surface area contributed by atoms with Gasteiger partial charge >= 0.3 is 5.97 Å². The fourth-order valence-electron chi connectivity index (χ4n) is 2.11. The number of hydrogen-bond donors (Lipinski definition) is 1. The molecule has 0 spiro atoms. The molecule has 20 heavy (non-hydrogen) atoms. The van der Waals surface area contributed by atoms with Gasteiger partial charge in [0.2, 0.25) is 0 Å². The monoisotopic (exact) mass is 273 g/mol. The summed E-state index contributed by atoms with van der Waals surface area (Å²) in [7, 11) is 1.62. The van der Waals surface area contributed by atoms with E-state index in [-0.39, 0.29) is 5.97 Å². The third kappa shape index (κ3) is 2.85. The minimum Gasteiger partial charge on any atom is -0.495 e. The molecule has 2 rings (SSSR count). The van der Waals surface area contributed by atoms with Crippen LogP contribution in [-0.4, -0.2) is 25.7 Å². The van der Waals surface area contributed by atoms with Crippen molar-refractivity contribution in [3.05, 3.63) is 36.4 Å². The first-order valence-electron chi connectivity index (χ1n) is 6.66. The van der Waals surface area contributed by atoms with Crippen LogP contribution in [-0.2, 0) is 9.53 Å². The number of methoxy groups -OCH3 is 1. The summed E-state index contributed by atoms with van der Waals surface area (Å²) in [6.45, 7) is 3.94. The molecule has 0 saturated carbocycles. The maximum atomic E-state index is 11.8. The lowest BCUT2D eigenvalue weighted by Gasteiger charge is -2.18. The number of benzene rings is 2. The zero-order valence-corrected chi connectivity index (χ0v) is 12.0. The van der Waals surface area contributed by atoms with Gasteiger partial charge in [-0.25, -0.2) is 4.79 Å². The predicted octanol–water partition coefficient (Wildman–Crippen LogP) is 3.21. The minimum atomic E-state index is -0.436. The summed E-state index contributed by atoms with van der Waals surface area (Å²) in [5.41, 5.74) is 0.811. The van der Waals surface area contributed by atoms with Gasteiger partial charge in [0.25, 0.3) is 0 Å². The van der Waals surface area contributed by atoms with Crippen molar-refractivity contribution in [1.29, 1.82) is 0 Å². The van der Waals surface area contributed by atoms with Crippen LogP contribution >= 0.6 is 0 Å². The van der Waals surface area contributed by atoms with Crippen LogP contribution in [0.3, 0.4) is 0 Å². The highest BCUT2D eigenvalue weighted by atomic mass is 16.5. The lowest BCUT2D eigenvalue weighted by molar-refractivity contribution is -0.143. The van der Waals surface area contributed by atoms with Crippen molar-refractivity contribution in [3.63, 3.8) is 0 Å². The molecular formula is C16H19NO3. The van der Waals surface area contributed by atoms with Gasteiger partial charge in [0, 0.05) is 5.39 Å². The number of ether oxygens (including phenoxy) is 2. The van der Waals surface area contributed by atoms with Crippen LogP contribution in [0.4, 0.5) is 5.69 Å². The first-order valence-corrected chi connectivity index (χ1v) is 6.66. The van der Waals surface area contributed by atoms with Crippen molar-refractivity contribution in [2.45, 2.75) is 19.9 Å². The second-order valence-electron chi connectivity index (χ2n) is 4.48. The molecule has 0 aliphatic carbocycles. The Labute approximate surface area is 118 Å². The second-order valence-corrected chi connectivity index (χ2v) is 4.48. The molecule has 4 nitrogen and oxygen atoms in total. The molecule has 0 amide bonds. The molecule has 0 bridgehead atoms. The van der Waals surface area contributed by atoms with E-state index in [9.17, 15) is 4.79 Å². The molecule has 106 valence electrons. The number of fused-ring (bicyclic) bond motifs is 1. The van der Waals surface area contributed by atoms with Crippen molar-refractivity contribution in [2.24, 2.45) is 0 Å². The number of nitrogens with one attached hydrogen (secondary N) is 1. The van der Waals surface area contributed by atoms with Crippen LogP contribution < -0.4 is 10.1 Å². The summed E-state index contributed by atoms with van der Waals surface area (Å²) in [5.74, 6) is 0.433. The molecule has 0 radical (unpaired) electrons. The van der Waals surface area contributed by atoms with Gasteiger partial charge in [-0.2, -0.15) is 0 Å². The van der Waals surface area contributed by atoms with Crippen molar-refractivity contribution in [1.82, 2.24) is 0 Å². The molecule has 0 saturated heterocycles. The van der Waals surface area contributed by atoms with E-state index in [0.717, 1.165) is 16.5 Å². The average molecular weight is 273 g/mol. The quantitative estimate of drug-likeness (QED) is 0.850. The van der Waals surface area contributed by atoms with E-state index >= 15 is 0 Å². The van der Waals surface area contributed by atoms with Crippen molar-refractivity contribution >= 4 is 22.4 Å². The lowest BCUT2D eigenvalue weighted by Crippen LogP contribution is -2.28. The molecule has 0 aliphatic rings. The summed E-state index contributed by atoms with van der Waals surface area (Å²) >= 11 is 0. The van der Waals surface area contributed by atoms with Crippen LogP contribution in [0.15, 0.2) is 36.4 Å². The number of anilines is 1. The first kappa shape index (κ1) is 14.2. The van der Waals surface area contributed by atoms with E-state index in [2.05, 4.69) is 5.32 Å². The average Bonchev–Trinajstić information content (AvgIpc) is 2.47. The Hall–Kier alpha value is -2.23. The van der Waals surface area contributed by atoms with Gasteiger partial charge in [-0.05, 0) is 25.3 Å². The van der Waals surface area contributed by atoms with Crippen LogP contribution in [0.2, 0.25) is 0 Å². The van der Waals surface area contributed by atoms with Crippen LogP contribution in [0.5, 0.6) is 5.75 Å². The van der Waals surface area contributed by atoms with Crippen LogP contribution in [0, 0.1) is 0 Å². The molecule has 0 fully saturated rings. The number of esters is 1. The molecule has 0 unspecified atom stereocenters. The van der Waals surface area contributed by atoms with Gasteiger partial charge in [0.15, 0.2) is 0 Å². The Morgan fingerprint density at radius 3 is 2.70 bits per heavy atom. The standard InChI is InChI=1S/C16H19NO3/c1-4-20-16(18)11(2)17-15-13-8-6-5-7-12(13)9-10-14(15)19-3/h5-11,17H,4H2,1-3H3/t11-/m0/s1. The number of carbonyl (C=O) groups is 1. The van der Waals surface area contributed by atoms with E-state index < -0.39 is 6.04 Å². The highest BCUT2D eigenvalue weighted by Crippen LogP contribution is 2.33. The Morgan fingerprint density at radius 2 is 2.00 bits per heavy atom. The van der Waals surface area contributed by atoms with Gasteiger partial charge in [0.1, 0.15) is 11.8 Å². The maximum Gasteiger partial charge on any atom is 0.328 e. The lowest BCUT2D eigenvalue weighted by atomic mass is 10.1. The Balaban J connectivity index is 2.38. The predicted molar refractivity (Wildman–Crippen MR) is 80.2 cm³/mol. The first-order chi connectivity index (χ1) is 9.67. The number of rotatable bonds is 5. The fourth-order valence-corrected chi connectivity index (χ4v) is 2.11. The van der Waals surface area contributed by atoms with Crippen LogP contribution in [0.25, 0.3) is 10.8 Å². The van der Waals surface area contributed by atoms with E-state index in [0.29, 0.717) is 12.4 Å². The number of carbonyl (C=O) groups excluding carboxylic acids is 1. The molecule has 0 heterocycles. The van der Waals surface area contributed by atoms with Gasteiger partial charge in [-0.15, -0.1) is 0 Å². The van der Waals surface area contributed by atoms with E-state index in [4.69, 9.17) is 9.47 Å². The summed E-state index contributed by atoms with van der Waals surface area (Å²) in [6.07, 6.45) is 0. The van der Waals surface area contributed by atoms with Crippen molar-refractivity contribution in [2.75, 3.05) is 19.0 Å². The highest BCUT2D eigenvalue weighted by molar-refractivity contribution is 5.98. The molecule has 0 aliphatic heterocycles. The Kier molecular flexibility index (Phi) is 4.45. The Bertz CT molecular complexity index is 610. The molecule has 0 aromatic heterocycles. The second kappa shape index (κ2) is 6.28. The van der Waals surface area contributed by atoms with Crippen molar-refractivity contribution < 1.29 is 14.3 Å². The topological polar surface area (TPSA) is 47.6 Å².